The molecule has 2 aromatic carbocycles. The van der Waals surface area contributed by atoms with Crippen LogP contribution in [-0.4, -0.2) is 4.98 Å². The normalized spacial score (nSPS) is 12.3. The number of hydrogen-bond acceptors (Lipinski definition) is 3. The Hall–Kier alpha value is -2.39. The molecule has 0 bridgehead atoms. The fraction of sp³-hybridized carbons (Fsp3) is 0.167. The number of pyridine rings is 1. The molecule has 0 aliphatic heterocycles. The van der Waals surface area contributed by atoms with E-state index in [9.17, 15) is 0 Å². The predicted octanol–water partition coefficient (Wildman–Crippen LogP) is 4.44. The highest BCUT2D eigenvalue weighted by molar-refractivity contribution is 5.84. The summed E-state index contributed by atoms with van der Waals surface area (Å²) in [7, 11) is 0. The molecule has 21 heavy (non-hydrogen) atoms. The largest absolute Gasteiger partial charge is 0.455 e. The molecule has 1 aromatic heterocycles. The minimum atomic E-state index is 0.0817. The van der Waals surface area contributed by atoms with Crippen molar-refractivity contribution in [1.82, 2.24) is 4.98 Å². The summed E-state index contributed by atoms with van der Waals surface area (Å²) in [6.45, 7) is 2.08. The van der Waals surface area contributed by atoms with E-state index in [2.05, 4.69) is 11.9 Å². The van der Waals surface area contributed by atoms with Crippen molar-refractivity contribution < 1.29 is 4.74 Å². The maximum atomic E-state index is 6.02. The fourth-order valence-electron chi connectivity index (χ4n) is 2.30. The van der Waals surface area contributed by atoms with Gasteiger partial charge < -0.3 is 10.5 Å². The van der Waals surface area contributed by atoms with Gasteiger partial charge >= 0.3 is 0 Å². The molecule has 3 rings (SSSR count). The summed E-state index contributed by atoms with van der Waals surface area (Å²) in [4.78, 5) is 4.39. The van der Waals surface area contributed by atoms with Crippen molar-refractivity contribution in [2.75, 3.05) is 0 Å². The van der Waals surface area contributed by atoms with Gasteiger partial charge in [0.1, 0.15) is 11.3 Å². The van der Waals surface area contributed by atoms with Crippen LogP contribution in [0.3, 0.4) is 0 Å². The van der Waals surface area contributed by atoms with Gasteiger partial charge in [-0.15, -0.1) is 0 Å². The van der Waals surface area contributed by atoms with Crippen LogP contribution in [0.2, 0.25) is 0 Å². The lowest BCUT2D eigenvalue weighted by molar-refractivity contribution is 0.486. The number of aromatic nitrogens is 1. The molecule has 0 aliphatic carbocycles. The summed E-state index contributed by atoms with van der Waals surface area (Å²) < 4.78 is 5.96. The van der Waals surface area contributed by atoms with Crippen LogP contribution < -0.4 is 10.5 Å². The third-order valence-electron chi connectivity index (χ3n) is 3.57. The molecule has 0 fully saturated rings. The number of para-hydroxylation sites is 1. The SMILES string of the molecule is CC[C@@H](N)c1ccc(Oc2cccc3cccnc23)cc1. The zero-order valence-corrected chi connectivity index (χ0v) is 12.0. The summed E-state index contributed by atoms with van der Waals surface area (Å²) in [5.74, 6) is 1.56. The van der Waals surface area contributed by atoms with Crippen LogP contribution in [-0.2, 0) is 0 Å². The third-order valence-corrected chi connectivity index (χ3v) is 3.57. The Kier molecular flexibility index (Phi) is 3.84. The number of nitrogens with zero attached hydrogens (tertiary/aromatic N) is 1. The molecule has 3 aromatic rings. The van der Waals surface area contributed by atoms with Crippen molar-refractivity contribution in [2.45, 2.75) is 19.4 Å². The lowest BCUT2D eigenvalue weighted by Gasteiger charge is -2.11. The molecule has 2 N–H and O–H groups in total. The van der Waals surface area contributed by atoms with E-state index in [-0.39, 0.29) is 6.04 Å². The average molecular weight is 278 g/mol. The highest BCUT2D eigenvalue weighted by Gasteiger charge is 2.06. The summed E-state index contributed by atoms with van der Waals surface area (Å²) in [5, 5.41) is 1.07. The second-order valence-corrected chi connectivity index (χ2v) is 5.02. The van der Waals surface area contributed by atoms with Crippen LogP contribution in [0.4, 0.5) is 0 Å². The van der Waals surface area contributed by atoms with Gasteiger partial charge in [-0.1, -0.05) is 37.3 Å². The van der Waals surface area contributed by atoms with E-state index in [1.807, 2.05) is 54.6 Å². The van der Waals surface area contributed by atoms with E-state index >= 15 is 0 Å². The van der Waals surface area contributed by atoms with Gasteiger partial charge in [-0.3, -0.25) is 4.98 Å². The van der Waals surface area contributed by atoms with Gasteiger partial charge in [0.25, 0.3) is 0 Å². The number of rotatable bonds is 4. The maximum absolute atomic E-state index is 6.02. The fourth-order valence-corrected chi connectivity index (χ4v) is 2.30. The zero-order chi connectivity index (χ0) is 14.7. The van der Waals surface area contributed by atoms with Gasteiger partial charge in [-0.2, -0.15) is 0 Å². The summed E-state index contributed by atoms with van der Waals surface area (Å²) in [6, 6.07) is 17.9. The lowest BCUT2D eigenvalue weighted by atomic mass is 10.1. The van der Waals surface area contributed by atoms with Crippen LogP contribution in [0.15, 0.2) is 60.8 Å². The van der Waals surface area contributed by atoms with E-state index in [0.717, 1.165) is 34.4 Å². The highest BCUT2D eigenvalue weighted by Crippen LogP contribution is 2.29. The molecule has 0 unspecified atom stereocenters. The Morgan fingerprint density at radius 2 is 1.81 bits per heavy atom. The number of fused-ring (bicyclic) bond motifs is 1. The molecule has 0 spiro atoms. The minimum Gasteiger partial charge on any atom is -0.455 e. The Bertz CT molecular complexity index is 732. The molecule has 0 aliphatic rings. The first-order valence-corrected chi connectivity index (χ1v) is 7.15. The molecular formula is C18H18N2O. The van der Waals surface area contributed by atoms with Crippen LogP contribution in [0.5, 0.6) is 11.5 Å². The quantitative estimate of drug-likeness (QED) is 0.767. The standard InChI is InChI=1S/C18H18N2O/c1-2-16(19)13-8-10-15(11-9-13)21-17-7-3-5-14-6-4-12-20-18(14)17/h3-12,16H,2,19H2,1H3/t16-/m1/s1. The maximum Gasteiger partial charge on any atom is 0.153 e. The van der Waals surface area contributed by atoms with E-state index in [0.29, 0.717) is 0 Å². The summed E-state index contributed by atoms with van der Waals surface area (Å²) >= 11 is 0. The monoisotopic (exact) mass is 278 g/mol. The second kappa shape index (κ2) is 5.94. The highest BCUT2D eigenvalue weighted by atomic mass is 16.5. The lowest BCUT2D eigenvalue weighted by Crippen LogP contribution is -2.08. The van der Waals surface area contributed by atoms with Crippen molar-refractivity contribution in [3.63, 3.8) is 0 Å². The van der Waals surface area contributed by atoms with Gasteiger partial charge in [0.05, 0.1) is 0 Å². The van der Waals surface area contributed by atoms with Crippen LogP contribution in [0, 0.1) is 0 Å². The summed E-state index contributed by atoms with van der Waals surface area (Å²) in [5.41, 5.74) is 8.02. The molecule has 3 heteroatoms. The van der Waals surface area contributed by atoms with Gasteiger partial charge in [-0.05, 0) is 36.2 Å². The predicted molar refractivity (Wildman–Crippen MR) is 85.5 cm³/mol. The van der Waals surface area contributed by atoms with Gasteiger partial charge in [-0.25, -0.2) is 0 Å². The van der Waals surface area contributed by atoms with Crippen LogP contribution in [0.25, 0.3) is 10.9 Å². The van der Waals surface area contributed by atoms with Crippen LogP contribution in [0.1, 0.15) is 24.9 Å². The summed E-state index contributed by atoms with van der Waals surface area (Å²) in [6.07, 6.45) is 2.70. The first-order valence-electron chi connectivity index (χ1n) is 7.15. The molecule has 1 atom stereocenters. The van der Waals surface area contributed by atoms with E-state index < -0.39 is 0 Å². The zero-order valence-electron chi connectivity index (χ0n) is 12.0. The van der Waals surface area contributed by atoms with Gasteiger partial charge in [0.15, 0.2) is 5.75 Å². The number of benzene rings is 2. The molecular weight excluding hydrogens is 260 g/mol. The Labute approximate surface area is 124 Å². The molecule has 106 valence electrons. The Balaban J connectivity index is 1.88. The Morgan fingerprint density at radius 3 is 2.57 bits per heavy atom. The van der Waals surface area contributed by atoms with Crippen molar-refractivity contribution >= 4 is 10.9 Å². The van der Waals surface area contributed by atoms with Gasteiger partial charge in [0.2, 0.25) is 0 Å². The van der Waals surface area contributed by atoms with E-state index in [1.54, 1.807) is 6.20 Å². The Morgan fingerprint density at radius 1 is 1.05 bits per heavy atom. The van der Waals surface area contributed by atoms with Crippen molar-refractivity contribution in [1.29, 1.82) is 0 Å². The topological polar surface area (TPSA) is 48.1 Å². The van der Waals surface area contributed by atoms with E-state index in [4.69, 9.17) is 10.5 Å². The molecule has 0 saturated carbocycles. The van der Waals surface area contributed by atoms with Crippen molar-refractivity contribution in [3.8, 4) is 11.5 Å². The first-order chi connectivity index (χ1) is 10.3. The number of ether oxygens (including phenoxy) is 1. The van der Waals surface area contributed by atoms with E-state index in [1.165, 1.54) is 0 Å². The van der Waals surface area contributed by atoms with Gasteiger partial charge in [0, 0.05) is 17.6 Å². The number of hydrogen-bond donors (Lipinski definition) is 1. The third kappa shape index (κ3) is 2.88. The molecule has 3 nitrogen and oxygen atoms in total. The van der Waals surface area contributed by atoms with Crippen LogP contribution >= 0.6 is 0 Å². The molecule has 0 radical (unpaired) electrons. The minimum absolute atomic E-state index is 0.0817. The smallest absolute Gasteiger partial charge is 0.153 e. The van der Waals surface area contributed by atoms with Crippen molar-refractivity contribution in [3.05, 3.63) is 66.4 Å². The van der Waals surface area contributed by atoms with Crippen molar-refractivity contribution in [2.24, 2.45) is 5.73 Å². The molecule has 1 heterocycles. The number of nitrogens with two attached hydrogens (primary N) is 1. The first kappa shape index (κ1) is 13.6. The second-order valence-electron chi connectivity index (χ2n) is 5.02. The average Bonchev–Trinajstić information content (AvgIpc) is 2.55. The molecule has 0 amide bonds. The molecule has 0 saturated heterocycles.